The molecular weight excluding hydrogens is 433 g/mol. The molecule has 1 aromatic carbocycles. The van der Waals surface area contributed by atoms with Crippen molar-refractivity contribution >= 4 is 44.3 Å². The number of aromatic nitrogens is 2. The molecule has 0 bridgehead atoms. The second kappa shape index (κ2) is 8.34. The smallest absolute Gasteiger partial charge is 0.137 e. The summed E-state index contributed by atoms with van der Waals surface area (Å²) < 4.78 is 9.34. The Bertz CT molecular complexity index is 646. The zero-order valence-electron chi connectivity index (χ0n) is 13.0. The molecule has 0 aliphatic rings. The Morgan fingerprint density at radius 1 is 1.36 bits per heavy atom. The summed E-state index contributed by atoms with van der Waals surface area (Å²) in [6.45, 7) is 4.94. The minimum absolute atomic E-state index is 0. The first-order valence-corrected chi connectivity index (χ1v) is 8.26. The van der Waals surface area contributed by atoms with Gasteiger partial charge in [-0.3, -0.25) is 4.68 Å². The maximum Gasteiger partial charge on any atom is 0.137 e. The van der Waals surface area contributed by atoms with E-state index in [0.29, 0.717) is 0 Å². The van der Waals surface area contributed by atoms with Gasteiger partial charge >= 0.3 is 0 Å². The quantitative estimate of drug-likeness (QED) is 0.723. The van der Waals surface area contributed by atoms with Crippen LogP contribution in [-0.2, 0) is 13.6 Å². The lowest BCUT2D eigenvalue weighted by molar-refractivity contribution is 0.403. The number of nitrogens with one attached hydrogen (secondary N) is 1. The van der Waals surface area contributed by atoms with Gasteiger partial charge in [0.05, 0.1) is 17.8 Å². The molecule has 7 heteroatoms. The SMILES string of the molecule is COc1c(Br)cc(Br)cc1CNC(C)c1cnn(C)c1C.Cl. The molecule has 1 N–H and O–H groups in total. The summed E-state index contributed by atoms with van der Waals surface area (Å²) in [7, 11) is 3.65. The third-order valence-corrected chi connectivity index (χ3v) is 4.67. The molecule has 0 radical (unpaired) electrons. The Balaban J connectivity index is 0.00000242. The number of methoxy groups -OCH3 is 1. The van der Waals surface area contributed by atoms with E-state index in [9.17, 15) is 0 Å². The van der Waals surface area contributed by atoms with Crippen molar-refractivity contribution in [2.45, 2.75) is 26.4 Å². The minimum atomic E-state index is 0. The number of hydrogen-bond donors (Lipinski definition) is 1. The number of ether oxygens (including phenoxy) is 1. The molecule has 1 heterocycles. The maximum absolute atomic E-state index is 5.47. The Morgan fingerprint density at radius 3 is 2.59 bits per heavy atom. The molecule has 0 spiro atoms. The van der Waals surface area contributed by atoms with Gasteiger partial charge in [-0.05, 0) is 41.9 Å². The van der Waals surface area contributed by atoms with Gasteiger partial charge in [-0.2, -0.15) is 5.10 Å². The molecule has 0 amide bonds. The van der Waals surface area contributed by atoms with Crippen molar-refractivity contribution in [3.05, 3.63) is 44.1 Å². The van der Waals surface area contributed by atoms with Crippen molar-refractivity contribution in [2.75, 3.05) is 7.11 Å². The van der Waals surface area contributed by atoms with E-state index in [-0.39, 0.29) is 18.4 Å². The third-order valence-electron chi connectivity index (χ3n) is 3.63. The van der Waals surface area contributed by atoms with E-state index >= 15 is 0 Å². The molecule has 0 aliphatic carbocycles. The monoisotopic (exact) mass is 451 g/mol. The highest BCUT2D eigenvalue weighted by Gasteiger charge is 2.14. The average Bonchev–Trinajstić information content (AvgIpc) is 2.76. The highest BCUT2D eigenvalue weighted by molar-refractivity contribution is 9.11. The first kappa shape index (κ1) is 19.5. The second-order valence-corrected chi connectivity index (χ2v) is 6.76. The predicted molar refractivity (Wildman–Crippen MR) is 98.8 cm³/mol. The third kappa shape index (κ3) is 4.25. The zero-order chi connectivity index (χ0) is 15.6. The molecule has 0 fully saturated rings. The van der Waals surface area contributed by atoms with Crippen molar-refractivity contribution in [3.8, 4) is 5.75 Å². The van der Waals surface area contributed by atoms with E-state index in [1.165, 1.54) is 11.3 Å². The van der Waals surface area contributed by atoms with Crippen LogP contribution in [0.2, 0.25) is 0 Å². The summed E-state index contributed by atoms with van der Waals surface area (Å²) in [5, 5.41) is 7.81. The van der Waals surface area contributed by atoms with E-state index in [4.69, 9.17) is 4.74 Å². The summed E-state index contributed by atoms with van der Waals surface area (Å²) in [6, 6.07) is 4.28. The fourth-order valence-electron chi connectivity index (χ4n) is 2.29. The standard InChI is InChI=1S/C15H19Br2N3O.ClH/c1-9(13-8-19-20(3)10(13)2)18-7-11-5-12(16)6-14(17)15(11)21-4;/h5-6,8-9,18H,7H2,1-4H3;1H. The molecule has 1 atom stereocenters. The molecule has 22 heavy (non-hydrogen) atoms. The highest BCUT2D eigenvalue weighted by Crippen LogP contribution is 2.33. The Morgan fingerprint density at radius 2 is 2.05 bits per heavy atom. The zero-order valence-corrected chi connectivity index (χ0v) is 17.0. The average molecular weight is 454 g/mol. The fourth-order valence-corrected chi connectivity index (χ4v) is 3.76. The molecule has 0 saturated carbocycles. The number of nitrogens with zero attached hydrogens (tertiary/aromatic N) is 2. The van der Waals surface area contributed by atoms with Gasteiger partial charge in [0.1, 0.15) is 5.75 Å². The first-order chi connectivity index (χ1) is 9.93. The predicted octanol–water partition coefficient (Wildman–Crippen LogP) is 4.53. The number of rotatable bonds is 5. The summed E-state index contributed by atoms with van der Waals surface area (Å²) in [5.74, 6) is 0.862. The van der Waals surface area contributed by atoms with Crippen LogP contribution in [0.25, 0.3) is 0 Å². The van der Waals surface area contributed by atoms with Crippen LogP contribution in [0.15, 0.2) is 27.3 Å². The number of hydrogen-bond acceptors (Lipinski definition) is 3. The fraction of sp³-hybridized carbons (Fsp3) is 0.400. The first-order valence-electron chi connectivity index (χ1n) is 6.67. The normalized spacial score (nSPS) is 11.9. The molecular formula is C15H20Br2ClN3O. The van der Waals surface area contributed by atoms with Crippen molar-refractivity contribution in [1.82, 2.24) is 15.1 Å². The van der Waals surface area contributed by atoms with Crippen LogP contribution >= 0.6 is 44.3 Å². The van der Waals surface area contributed by atoms with Gasteiger partial charge in [0.2, 0.25) is 0 Å². The summed E-state index contributed by atoms with van der Waals surface area (Å²) in [5.41, 5.74) is 3.50. The largest absolute Gasteiger partial charge is 0.495 e. The Labute approximate surface area is 154 Å². The van der Waals surface area contributed by atoms with Gasteiger partial charge in [-0.25, -0.2) is 0 Å². The van der Waals surface area contributed by atoms with Crippen LogP contribution in [0.1, 0.15) is 29.8 Å². The molecule has 1 aromatic heterocycles. The highest BCUT2D eigenvalue weighted by atomic mass is 79.9. The van der Waals surface area contributed by atoms with Crippen LogP contribution in [0.4, 0.5) is 0 Å². The van der Waals surface area contributed by atoms with E-state index in [0.717, 1.165) is 26.8 Å². The van der Waals surface area contributed by atoms with Crippen molar-refractivity contribution < 1.29 is 4.74 Å². The maximum atomic E-state index is 5.47. The number of aryl methyl sites for hydroxylation is 1. The van der Waals surface area contributed by atoms with Gasteiger partial charge < -0.3 is 10.1 Å². The van der Waals surface area contributed by atoms with E-state index in [1.54, 1.807) is 7.11 Å². The lowest BCUT2D eigenvalue weighted by atomic mass is 10.1. The van der Waals surface area contributed by atoms with Crippen LogP contribution in [0, 0.1) is 6.92 Å². The summed E-state index contributed by atoms with van der Waals surface area (Å²) in [6.07, 6.45) is 1.92. The number of halogens is 3. The van der Waals surface area contributed by atoms with Crippen LogP contribution in [-0.4, -0.2) is 16.9 Å². The molecule has 1 unspecified atom stereocenters. The lowest BCUT2D eigenvalue weighted by Gasteiger charge is -2.16. The van der Waals surface area contributed by atoms with E-state index in [1.807, 2.05) is 24.0 Å². The summed E-state index contributed by atoms with van der Waals surface area (Å²) >= 11 is 7.05. The molecule has 0 saturated heterocycles. The van der Waals surface area contributed by atoms with Crippen LogP contribution in [0.3, 0.4) is 0 Å². The number of benzene rings is 1. The molecule has 2 aromatic rings. The molecule has 2 rings (SSSR count). The van der Waals surface area contributed by atoms with Gasteiger partial charge in [-0.15, -0.1) is 12.4 Å². The second-order valence-electron chi connectivity index (χ2n) is 4.99. The van der Waals surface area contributed by atoms with Gasteiger partial charge in [0, 0.05) is 40.9 Å². The Kier molecular flexibility index (Phi) is 7.38. The van der Waals surface area contributed by atoms with Crippen molar-refractivity contribution in [3.63, 3.8) is 0 Å². The molecule has 122 valence electrons. The minimum Gasteiger partial charge on any atom is -0.495 e. The molecule has 0 aliphatic heterocycles. The molecule has 4 nitrogen and oxygen atoms in total. The van der Waals surface area contributed by atoms with E-state index < -0.39 is 0 Å². The van der Waals surface area contributed by atoms with E-state index in [2.05, 4.69) is 62.2 Å². The van der Waals surface area contributed by atoms with Gasteiger partial charge in [0.25, 0.3) is 0 Å². The van der Waals surface area contributed by atoms with Gasteiger partial charge in [0.15, 0.2) is 0 Å². The topological polar surface area (TPSA) is 39.1 Å². The van der Waals surface area contributed by atoms with Gasteiger partial charge in [-0.1, -0.05) is 15.9 Å². The van der Waals surface area contributed by atoms with Crippen molar-refractivity contribution in [2.24, 2.45) is 7.05 Å². The van der Waals surface area contributed by atoms with Crippen molar-refractivity contribution in [1.29, 1.82) is 0 Å². The van der Waals surface area contributed by atoms with Crippen LogP contribution in [0.5, 0.6) is 5.75 Å². The lowest BCUT2D eigenvalue weighted by Crippen LogP contribution is -2.19. The summed E-state index contributed by atoms with van der Waals surface area (Å²) in [4.78, 5) is 0. The van der Waals surface area contributed by atoms with Crippen LogP contribution < -0.4 is 10.1 Å². The Hall–Kier alpha value is -0.560.